The summed E-state index contributed by atoms with van der Waals surface area (Å²) in [5.41, 5.74) is 0. The van der Waals surface area contributed by atoms with Crippen LogP contribution in [0.2, 0.25) is 0 Å². The van der Waals surface area contributed by atoms with Gasteiger partial charge < -0.3 is 9.02 Å². The molecule has 0 amide bonds. The summed E-state index contributed by atoms with van der Waals surface area (Å²) in [7, 11) is 0. The fourth-order valence-corrected chi connectivity index (χ4v) is 3.81. The fraction of sp³-hybridized carbons (Fsp3) is 0.889. The van der Waals surface area contributed by atoms with Crippen LogP contribution in [-0.4, -0.2) is 34.7 Å². The molecule has 2 aliphatic carbocycles. The summed E-state index contributed by atoms with van der Waals surface area (Å²) in [5, 5.41) is 9.67. The Balaban J connectivity index is 1.43. The Hall–Kier alpha value is -0.870. The molecule has 0 aliphatic heterocycles. The molecule has 2 fully saturated rings. The summed E-state index contributed by atoms with van der Waals surface area (Å²) in [6.07, 6.45) is 11.8. The lowest BCUT2D eigenvalue weighted by molar-refractivity contribution is -0.502. The molecular formula is C18H31NO7S. The average Bonchev–Trinajstić information content (AvgIpc) is 2.67. The molecule has 156 valence electrons. The van der Waals surface area contributed by atoms with E-state index in [9.17, 15) is 14.8 Å². The van der Waals surface area contributed by atoms with Crippen molar-refractivity contribution in [3.63, 3.8) is 0 Å². The second kappa shape index (κ2) is 13.3. The second-order valence-electron chi connectivity index (χ2n) is 7.15. The Morgan fingerprint density at radius 3 is 2.04 bits per heavy atom. The molecule has 0 unspecified atom stereocenters. The molecule has 0 bridgehead atoms. The minimum absolute atomic E-state index is 0.0874. The lowest BCUT2D eigenvalue weighted by atomic mass is 9.98. The summed E-state index contributed by atoms with van der Waals surface area (Å²) in [6, 6.07) is 0. The summed E-state index contributed by atoms with van der Waals surface area (Å²) >= 11 is 0.760. The van der Waals surface area contributed by atoms with Gasteiger partial charge in [-0.15, -0.1) is 0 Å². The minimum Gasteiger partial charge on any atom is -0.364 e. The monoisotopic (exact) mass is 405 g/mol. The molecule has 2 saturated carbocycles. The van der Waals surface area contributed by atoms with Crippen molar-refractivity contribution in [2.24, 2.45) is 0 Å². The van der Waals surface area contributed by atoms with Crippen LogP contribution < -0.4 is 0 Å². The van der Waals surface area contributed by atoms with E-state index in [1.54, 1.807) is 0 Å². The molecule has 0 aromatic carbocycles. The average molecular weight is 406 g/mol. The SMILES string of the molecule is O=C(CCCCC(=O)ON(O)OC1CCCCC1)OSOC1CCCCC1. The molecule has 0 radical (unpaired) electrons. The maximum atomic E-state index is 11.6. The van der Waals surface area contributed by atoms with Crippen LogP contribution in [0.25, 0.3) is 0 Å². The van der Waals surface area contributed by atoms with E-state index in [4.69, 9.17) is 13.2 Å². The van der Waals surface area contributed by atoms with E-state index in [2.05, 4.69) is 4.84 Å². The molecule has 0 heterocycles. The highest BCUT2D eigenvalue weighted by atomic mass is 32.2. The summed E-state index contributed by atoms with van der Waals surface area (Å²) in [5.74, 6) is -0.967. The van der Waals surface area contributed by atoms with Gasteiger partial charge in [0.15, 0.2) is 0 Å². The molecule has 0 aromatic rings. The molecular weight excluding hydrogens is 374 g/mol. The fourth-order valence-electron chi connectivity index (χ4n) is 3.31. The number of rotatable bonds is 11. The first kappa shape index (κ1) is 22.4. The largest absolute Gasteiger partial charge is 0.364 e. The highest BCUT2D eigenvalue weighted by molar-refractivity contribution is 7.90. The molecule has 0 spiro atoms. The Kier molecular flexibility index (Phi) is 11.1. The molecule has 8 nitrogen and oxygen atoms in total. The van der Waals surface area contributed by atoms with E-state index in [1.165, 1.54) is 12.8 Å². The Labute approximate surface area is 165 Å². The number of unbranched alkanes of at least 4 members (excludes halogenated alkanes) is 1. The first-order valence-electron chi connectivity index (χ1n) is 10.0. The predicted octanol–water partition coefficient (Wildman–Crippen LogP) is 4.42. The van der Waals surface area contributed by atoms with Gasteiger partial charge in [-0.1, -0.05) is 38.5 Å². The van der Waals surface area contributed by atoms with Crippen LogP contribution in [0.1, 0.15) is 89.9 Å². The van der Waals surface area contributed by atoms with E-state index < -0.39 is 5.97 Å². The van der Waals surface area contributed by atoms with Crippen LogP contribution in [0.4, 0.5) is 0 Å². The van der Waals surface area contributed by atoms with Gasteiger partial charge in [0.05, 0.1) is 12.2 Å². The van der Waals surface area contributed by atoms with Gasteiger partial charge in [0.2, 0.25) is 12.3 Å². The van der Waals surface area contributed by atoms with Crippen LogP contribution in [0.5, 0.6) is 0 Å². The third-order valence-electron chi connectivity index (χ3n) is 4.84. The van der Waals surface area contributed by atoms with Crippen LogP contribution in [0.3, 0.4) is 0 Å². The van der Waals surface area contributed by atoms with Gasteiger partial charge in [0.1, 0.15) is 5.39 Å². The number of carbonyl (C=O) groups is 2. The van der Waals surface area contributed by atoms with E-state index in [-0.39, 0.29) is 36.4 Å². The molecule has 2 aliphatic rings. The van der Waals surface area contributed by atoms with Crippen molar-refractivity contribution in [2.75, 3.05) is 0 Å². The van der Waals surface area contributed by atoms with Crippen LogP contribution in [0, 0.1) is 0 Å². The highest BCUT2D eigenvalue weighted by Crippen LogP contribution is 2.24. The zero-order valence-electron chi connectivity index (χ0n) is 15.8. The standard InChI is InChI=1S/C18H31NO7S/c20-17(24-19(22)23-15-9-3-1-4-10-15)13-7-8-14-18(21)26-27-25-16-11-5-2-6-12-16/h15-16,22H,1-14H2. The van der Waals surface area contributed by atoms with Crippen molar-refractivity contribution in [3.05, 3.63) is 0 Å². The summed E-state index contributed by atoms with van der Waals surface area (Å²) in [4.78, 5) is 33.1. The number of hydrogen-bond acceptors (Lipinski definition) is 9. The van der Waals surface area contributed by atoms with E-state index in [0.29, 0.717) is 12.8 Å². The molecule has 2 rings (SSSR count). The molecule has 27 heavy (non-hydrogen) atoms. The number of hydrogen-bond donors (Lipinski definition) is 1. The van der Waals surface area contributed by atoms with Crippen molar-refractivity contribution < 1.29 is 32.8 Å². The molecule has 0 atom stereocenters. The van der Waals surface area contributed by atoms with Gasteiger partial charge in [-0.3, -0.25) is 19.0 Å². The van der Waals surface area contributed by atoms with Crippen molar-refractivity contribution in [2.45, 2.75) is 102 Å². The van der Waals surface area contributed by atoms with Crippen molar-refractivity contribution in [1.82, 2.24) is 5.39 Å². The third kappa shape index (κ3) is 10.3. The molecule has 0 aromatic heterocycles. The quantitative estimate of drug-likeness (QED) is 0.304. The topological polar surface area (TPSA) is 94.5 Å². The summed E-state index contributed by atoms with van der Waals surface area (Å²) < 4.78 is 10.4. The second-order valence-corrected chi connectivity index (χ2v) is 7.65. The minimum atomic E-state index is -0.600. The zero-order chi connectivity index (χ0) is 19.3. The smallest absolute Gasteiger partial charge is 0.330 e. The van der Waals surface area contributed by atoms with Gasteiger partial charge in [-0.05, 0) is 38.5 Å². The van der Waals surface area contributed by atoms with Crippen LogP contribution in [-0.2, 0) is 27.6 Å². The summed E-state index contributed by atoms with van der Waals surface area (Å²) in [6.45, 7) is 0. The molecule has 9 heteroatoms. The maximum Gasteiger partial charge on any atom is 0.330 e. The van der Waals surface area contributed by atoms with Crippen LogP contribution >= 0.6 is 12.3 Å². The van der Waals surface area contributed by atoms with Crippen molar-refractivity contribution in [1.29, 1.82) is 0 Å². The van der Waals surface area contributed by atoms with E-state index in [0.717, 1.165) is 63.7 Å². The Morgan fingerprint density at radius 1 is 0.852 bits per heavy atom. The Bertz CT molecular complexity index is 439. The first-order valence-corrected chi connectivity index (χ1v) is 10.7. The van der Waals surface area contributed by atoms with Gasteiger partial charge in [0.25, 0.3) is 0 Å². The van der Waals surface area contributed by atoms with Gasteiger partial charge in [-0.25, -0.2) is 4.84 Å². The number of carbonyl (C=O) groups excluding carboxylic acids is 2. The maximum absolute atomic E-state index is 11.6. The molecule has 1 N–H and O–H groups in total. The third-order valence-corrected chi connectivity index (χ3v) is 5.44. The lowest BCUT2D eigenvalue weighted by Gasteiger charge is -2.23. The number of nitrogens with zero attached hydrogens (tertiary/aromatic N) is 1. The molecule has 0 saturated heterocycles. The Morgan fingerprint density at radius 2 is 1.41 bits per heavy atom. The van der Waals surface area contributed by atoms with Crippen molar-refractivity contribution in [3.8, 4) is 0 Å². The predicted molar refractivity (Wildman–Crippen MR) is 97.8 cm³/mol. The van der Waals surface area contributed by atoms with Crippen molar-refractivity contribution >= 4 is 24.3 Å². The van der Waals surface area contributed by atoms with Crippen LogP contribution in [0.15, 0.2) is 0 Å². The van der Waals surface area contributed by atoms with E-state index in [1.807, 2.05) is 0 Å². The first-order chi connectivity index (χ1) is 13.1. The lowest BCUT2D eigenvalue weighted by Crippen LogP contribution is -2.30. The van der Waals surface area contributed by atoms with E-state index >= 15 is 0 Å². The normalized spacial score (nSPS) is 19.2. The zero-order valence-corrected chi connectivity index (χ0v) is 16.6. The highest BCUT2D eigenvalue weighted by Gasteiger charge is 2.20. The van der Waals surface area contributed by atoms with Gasteiger partial charge in [-0.2, -0.15) is 0 Å². The van der Waals surface area contributed by atoms with Gasteiger partial charge in [0, 0.05) is 12.8 Å². The van der Waals surface area contributed by atoms with Gasteiger partial charge >= 0.3 is 11.9 Å².